The van der Waals surface area contributed by atoms with Gasteiger partial charge in [-0.05, 0) is 32.3 Å². The Kier molecular flexibility index (Phi) is 4.19. The molecule has 18 heavy (non-hydrogen) atoms. The summed E-state index contributed by atoms with van der Waals surface area (Å²) in [6.45, 7) is 4.34. The van der Waals surface area contributed by atoms with Crippen LogP contribution in [0.15, 0.2) is 5.03 Å². The molecular weight excluding hydrogens is 252 g/mol. The molecule has 1 fully saturated rings. The van der Waals surface area contributed by atoms with Crippen LogP contribution in [0.5, 0.6) is 0 Å². The third kappa shape index (κ3) is 2.81. The van der Waals surface area contributed by atoms with Crippen molar-refractivity contribution in [3.63, 3.8) is 0 Å². The van der Waals surface area contributed by atoms with E-state index in [0.717, 1.165) is 25.2 Å². The van der Waals surface area contributed by atoms with Gasteiger partial charge in [-0.15, -0.1) is 16.9 Å². The van der Waals surface area contributed by atoms with Gasteiger partial charge in [-0.25, -0.2) is 4.79 Å². The lowest BCUT2D eigenvalue weighted by atomic mass is 10.1. The molecule has 5 nitrogen and oxygen atoms in total. The van der Waals surface area contributed by atoms with Crippen LogP contribution in [0.2, 0.25) is 0 Å². The second kappa shape index (κ2) is 5.67. The number of aromatic nitrogens is 2. The highest BCUT2D eigenvalue weighted by Gasteiger charge is 2.21. The van der Waals surface area contributed by atoms with Crippen molar-refractivity contribution in [2.75, 3.05) is 12.4 Å². The van der Waals surface area contributed by atoms with Gasteiger partial charge in [-0.2, -0.15) is 5.10 Å². The summed E-state index contributed by atoms with van der Waals surface area (Å²) in [5.74, 6) is -0.211. The van der Waals surface area contributed by atoms with Gasteiger partial charge in [0, 0.05) is 12.4 Å². The first-order chi connectivity index (χ1) is 8.59. The number of hydrogen-bond donors (Lipinski definition) is 1. The second-order valence-corrected chi connectivity index (χ2v) is 5.35. The summed E-state index contributed by atoms with van der Waals surface area (Å²) in [6, 6.07) is 0. The molecule has 0 spiro atoms. The van der Waals surface area contributed by atoms with E-state index in [0.29, 0.717) is 16.3 Å². The minimum absolute atomic E-state index is 0.208. The normalized spacial score (nSPS) is 19.1. The Hall–Kier alpha value is -1.14. The number of hydrogen-bond acceptors (Lipinski definition) is 5. The number of rotatable bonds is 4. The quantitative estimate of drug-likeness (QED) is 0.843. The van der Waals surface area contributed by atoms with Gasteiger partial charge in [0.1, 0.15) is 5.03 Å². The molecule has 1 aromatic rings. The Labute approximate surface area is 110 Å². The summed E-state index contributed by atoms with van der Waals surface area (Å²) in [5, 5.41) is 17.7. The zero-order chi connectivity index (χ0) is 13.1. The summed E-state index contributed by atoms with van der Waals surface area (Å²) < 4.78 is 5.51. The third-order valence-corrected chi connectivity index (χ3v) is 4.16. The first-order valence-corrected chi connectivity index (χ1v) is 6.89. The zero-order valence-corrected chi connectivity index (χ0v) is 11.3. The maximum absolute atomic E-state index is 11.3. The molecule has 1 N–H and O–H groups in total. The molecule has 2 heterocycles. The largest absolute Gasteiger partial charge is 0.478 e. The van der Waals surface area contributed by atoms with E-state index < -0.39 is 5.97 Å². The molecule has 2 rings (SSSR count). The van der Waals surface area contributed by atoms with Gasteiger partial charge in [-0.3, -0.25) is 0 Å². The fraction of sp³-hybridized carbons (Fsp3) is 0.583. The van der Waals surface area contributed by atoms with Crippen molar-refractivity contribution in [3.8, 4) is 0 Å². The average molecular weight is 268 g/mol. The molecule has 0 aromatic carbocycles. The molecule has 6 heteroatoms. The van der Waals surface area contributed by atoms with E-state index in [9.17, 15) is 9.90 Å². The van der Waals surface area contributed by atoms with Gasteiger partial charge in [0.2, 0.25) is 0 Å². The van der Waals surface area contributed by atoms with Crippen LogP contribution in [0, 0.1) is 13.8 Å². The van der Waals surface area contributed by atoms with E-state index in [1.54, 1.807) is 13.8 Å². The number of carboxylic acids is 1. The van der Waals surface area contributed by atoms with Crippen molar-refractivity contribution >= 4 is 17.7 Å². The Balaban J connectivity index is 2.16. The molecule has 1 unspecified atom stereocenters. The van der Waals surface area contributed by atoms with Crippen LogP contribution in [-0.4, -0.2) is 39.7 Å². The minimum Gasteiger partial charge on any atom is -0.478 e. The number of ether oxygens (including phenoxy) is 1. The summed E-state index contributed by atoms with van der Waals surface area (Å²) in [7, 11) is 0. The summed E-state index contributed by atoms with van der Waals surface area (Å²) in [4.78, 5) is 11.3. The Morgan fingerprint density at radius 2 is 2.28 bits per heavy atom. The number of aryl methyl sites for hydroxylation is 1. The van der Waals surface area contributed by atoms with Gasteiger partial charge >= 0.3 is 5.97 Å². The average Bonchev–Trinajstić information content (AvgIpc) is 2.83. The SMILES string of the molecule is Cc1nnc(SCC2CCCO2)c(C(=O)O)c1C. The van der Waals surface area contributed by atoms with Crippen molar-refractivity contribution in [2.24, 2.45) is 0 Å². The molecule has 0 radical (unpaired) electrons. The fourth-order valence-electron chi connectivity index (χ4n) is 1.89. The van der Waals surface area contributed by atoms with Crippen LogP contribution < -0.4 is 0 Å². The summed E-state index contributed by atoms with van der Waals surface area (Å²) >= 11 is 1.42. The third-order valence-electron chi connectivity index (χ3n) is 3.07. The number of aromatic carboxylic acids is 1. The topological polar surface area (TPSA) is 72.3 Å². The molecule has 0 amide bonds. The van der Waals surface area contributed by atoms with Gasteiger partial charge < -0.3 is 9.84 Å². The van der Waals surface area contributed by atoms with E-state index in [-0.39, 0.29) is 11.7 Å². The van der Waals surface area contributed by atoms with Crippen molar-refractivity contribution in [2.45, 2.75) is 37.8 Å². The van der Waals surface area contributed by atoms with E-state index >= 15 is 0 Å². The lowest BCUT2D eigenvalue weighted by molar-refractivity contribution is 0.0690. The first-order valence-electron chi connectivity index (χ1n) is 5.91. The smallest absolute Gasteiger partial charge is 0.338 e. The zero-order valence-electron chi connectivity index (χ0n) is 10.5. The molecule has 1 atom stereocenters. The molecular formula is C12H16N2O3S. The number of carboxylic acid groups (broad SMARTS) is 1. The Morgan fingerprint density at radius 3 is 2.89 bits per heavy atom. The molecule has 1 aliphatic rings. The van der Waals surface area contributed by atoms with Crippen LogP contribution in [0.25, 0.3) is 0 Å². The second-order valence-electron chi connectivity index (χ2n) is 4.34. The molecule has 1 aliphatic heterocycles. The number of nitrogens with zero attached hydrogens (tertiary/aromatic N) is 2. The fourth-order valence-corrected chi connectivity index (χ4v) is 2.98. The van der Waals surface area contributed by atoms with Gasteiger partial charge in [-0.1, -0.05) is 0 Å². The lowest BCUT2D eigenvalue weighted by Gasteiger charge is -2.11. The van der Waals surface area contributed by atoms with Crippen LogP contribution in [0.3, 0.4) is 0 Å². The molecule has 1 aromatic heterocycles. The van der Waals surface area contributed by atoms with Crippen molar-refractivity contribution < 1.29 is 14.6 Å². The van der Waals surface area contributed by atoms with Crippen molar-refractivity contribution in [1.29, 1.82) is 0 Å². The molecule has 0 bridgehead atoms. The number of carbonyl (C=O) groups is 1. The highest BCUT2D eigenvalue weighted by molar-refractivity contribution is 7.99. The summed E-state index contributed by atoms with van der Waals surface area (Å²) in [6.07, 6.45) is 2.32. The van der Waals surface area contributed by atoms with Crippen LogP contribution in [0.1, 0.15) is 34.5 Å². The highest BCUT2D eigenvalue weighted by Crippen LogP contribution is 2.27. The van der Waals surface area contributed by atoms with E-state index in [1.165, 1.54) is 11.8 Å². The van der Waals surface area contributed by atoms with Crippen LogP contribution in [-0.2, 0) is 4.74 Å². The van der Waals surface area contributed by atoms with Gasteiger partial charge in [0.15, 0.2) is 0 Å². The maximum Gasteiger partial charge on any atom is 0.338 e. The monoisotopic (exact) mass is 268 g/mol. The minimum atomic E-state index is -0.944. The van der Waals surface area contributed by atoms with Gasteiger partial charge in [0.25, 0.3) is 0 Å². The Bertz CT molecular complexity index is 459. The predicted octanol–water partition coefficient (Wildman–Crippen LogP) is 2.06. The van der Waals surface area contributed by atoms with E-state index in [4.69, 9.17) is 4.74 Å². The standard InChI is InChI=1S/C12H16N2O3S/c1-7-8(2)13-14-11(10(7)12(15)16)18-6-9-4-3-5-17-9/h9H,3-6H2,1-2H3,(H,15,16). The number of thioether (sulfide) groups is 1. The van der Waals surface area contributed by atoms with E-state index in [2.05, 4.69) is 10.2 Å². The molecule has 98 valence electrons. The van der Waals surface area contributed by atoms with Crippen molar-refractivity contribution in [1.82, 2.24) is 10.2 Å². The van der Waals surface area contributed by atoms with Crippen LogP contribution in [0.4, 0.5) is 0 Å². The van der Waals surface area contributed by atoms with Gasteiger partial charge in [0.05, 0.1) is 17.4 Å². The predicted molar refractivity (Wildman–Crippen MR) is 68.2 cm³/mol. The van der Waals surface area contributed by atoms with E-state index in [1.807, 2.05) is 0 Å². The van der Waals surface area contributed by atoms with Crippen LogP contribution >= 0.6 is 11.8 Å². The molecule has 1 saturated heterocycles. The maximum atomic E-state index is 11.3. The van der Waals surface area contributed by atoms with Crippen molar-refractivity contribution in [3.05, 3.63) is 16.8 Å². The summed E-state index contributed by atoms with van der Waals surface area (Å²) in [5.41, 5.74) is 1.62. The Morgan fingerprint density at radius 1 is 1.50 bits per heavy atom. The lowest BCUT2D eigenvalue weighted by Crippen LogP contribution is -2.12. The highest BCUT2D eigenvalue weighted by atomic mass is 32.2. The first kappa shape index (κ1) is 13.3. The molecule has 0 aliphatic carbocycles. The molecule has 0 saturated carbocycles.